The lowest BCUT2D eigenvalue weighted by Gasteiger charge is -2.11. The number of carboxylic acids is 2. The van der Waals surface area contributed by atoms with Crippen LogP contribution in [0.15, 0.2) is 48.5 Å². The summed E-state index contributed by atoms with van der Waals surface area (Å²) >= 11 is 0. The van der Waals surface area contributed by atoms with Crippen LogP contribution in [0.3, 0.4) is 0 Å². The van der Waals surface area contributed by atoms with Gasteiger partial charge in [0, 0.05) is 13.5 Å². The second kappa shape index (κ2) is 8.12. The van der Waals surface area contributed by atoms with Crippen molar-refractivity contribution in [2.24, 2.45) is 0 Å². The summed E-state index contributed by atoms with van der Waals surface area (Å²) in [5.41, 5.74) is 1.79. The van der Waals surface area contributed by atoms with Gasteiger partial charge in [0.25, 0.3) is 0 Å². The van der Waals surface area contributed by atoms with Crippen LogP contribution in [-0.2, 0) is 22.6 Å². The Hall–Kier alpha value is -2.86. The van der Waals surface area contributed by atoms with Crippen molar-refractivity contribution >= 4 is 11.9 Å². The van der Waals surface area contributed by atoms with Crippen LogP contribution in [0.25, 0.3) is 0 Å². The zero-order valence-electron chi connectivity index (χ0n) is 13.1. The molecule has 0 radical (unpaired) electrons. The van der Waals surface area contributed by atoms with Crippen molar-refractivity contribution in [3.63, 3.8) is 0 Å². The van der Waals surface area contributed by atoms with Crippen LogP contribution in [-0.4, -0.2) is 35.4 Å². The van der Waals surface area contributed by atoms with Crippen LogP contribution in [0.2, 0.25) is 0 Å². The van der Waals surface area contributed by atoms with E-state index in [4.69, 9.17) is 19.7 Å². The van der Waals surface area contributed by atoms with Crippen LogP contribution in [0.1, 0.15) is 21.5 Å². The molecule has 6 heteroatoms. The third kappa shape index (κ3) is 4.82. The van der Waals surface area contributed by atoms with Crippen molar-refractivity contribution in [1.82, 2.24) is 0 Å². The minimum Gasteiger partial charge on any atom is -0.489 e. The normalized spacial score (nSPS) is 11.7. The molecule has 126 valence electrons. The SMILES string of the molecule is COC(Cc1ccc(OCc2cccc(C(=O)O)c2)cc1)C(=O)O. The highest BCUT2D eigenvalue weighted by Gasteiger charge is 2.16. The third-order valence-electron chi connectivity index (χ3n) is 3.48. The van der Waals surface area contributed by atoms with E-state index in [2.05, 4.69) is 0 Å². The highest BCUT2D eigenvalue weighted by Crippen LogP contribution is 2.16. The molecular formula is C18H18O6. The Bertz CT molecular complexity index is 708. The first-order chi connectivity index (χ1) is 11.5. The summed E-state index contributed by atoms with van der Waals surface area (Å²) in [6.45, 7) is 0.246. The van der Waals surface area contributed by atoms with Gasteiger partial charge in [-0.15, -0.1) is 0 Å². The molecule has 0 saturated carbocycles. The van der Waals surface area contributed by atoms with Crippen LogP contribution in [0, 0.1) is 0 Å². The van der Waals surface area contributed by atoms with E-state index in [-0.39, 0.29) is 18.6 Å². The maximum atomic E-state index is 10.9. The van der Waals surface area contributed by atoms with Gasteiger partial charge in [-0.3, -0.25) is 0 Å². The standard InChI is InChI=1S/C18H18O6/c1-23-16(18(21)22)10-12-5-7-15(8-6-12)24-11-13-3-2-4-14(9-13)17(19)20/h2-9,16H,10-11H2,1H3,(H,19,20)(H,21,22). The molecule has 0 spiro atoms. The Morgan fingerprint density at radius 2 is 1.75 bits per heavy atom. The van der Waals surface area contributed by atoms with Crippen molar-refractivity contribution in [2.75, 3.05) is 7.11 Å². The third-order valence-corrected chi connectivity index (χ3v) is 3.48. The second-order valence-corrected chi connectivity index (χ2v) is 5.20. The summed E-state index contributed by atoms with van der Waals surface area (Å²) < 4.78 is 10.5. The Balaban J connectivity index is 1.95. The highest BCUT2D eigenvalue weighted by molar-refractivity contribution is 5.87. The van der Waals surface area contributed by atoms with Gasteiger partial charge in [0.2, 0.25) is 0 Å². The topological polar surface area (TPSA) is 93.1 Å². The summed E-state index contributed by atoms with van der Waals surface area (Å²) in [5.74, 6) is -1.37. The number of benzene rings is 2. The van der Waals surface area contributed by atoms with Gasteiger partial charge in [0.15, 0.2) is 6.10 Å². The lowest BCUT2D eigenvalue weighted by molar-refractivity contribution is -0.148. The molecule has 0 aromatic heterocycles. The fourth-order valence-electron chi connectivity index (χ4n) is 2.17. The quantitative estimate of drug-likeness (QED) is 0.773. The lowest BCUT2D eigenvalue weighted by atomic mass is 10.1. The molecule has 24 heavy (non-hydrogen) atoms. The molecule has 2 aromatic rings. The minimum absolute atomic E-state index is 0.214. The number of aliphatic carboxylic acids is 1. The van der Waals surface area contributed by atoms with Gasteiger partial charge >= 0.3 is 11.9 Å². The molecule has 0 aliphatic heterocycles. The van der Waals surface area contributed by atoms with Crippen molar-refractivity contribution < 1.29 is 29.3 Å². The van der Waals surface area contributed by atoms with Crippen molar-refractivity contribution in [3.8, 4) is 5.75 Å². The molecule has 0 bridgehead atoms. The molecule has 0 amide bonds. The zero-order chi connectivity index (χ0) is 17.5. The predicted octanol–water partition coefficient (Wildman–Crippen LogP) is 2.61. The van der Waals surface area contributed by atoms with Crippen molar-refractivity contribution in [1.29, 1.82) is 0 Å². The predicted molar refractivity (Wildman–Crippen MR) is 86.3 cm³/mol. The van der Waals surface area contributed by atoms with Crippen molar-refractivity contribution in [2.45, 2.75) is 19.1 Å². The number of aromatic carboxylic acids is 1. The van der Waals surface area contributed by atoms with E-state index in [1.807, 2.05) is 0 Å². The molecule has 6 nitrogen and oxygen atoms in total. The maximum Gasteiger partial charge on any atom is 0.335 e. The maximum absolute atomic E-state index is 10.9. The van der Waals surface area contributed by atoms with Gasteiger partial charge in [-0.2, -0.15) is 0 Å². The number of ether oxygens (including phenoxy) is 2. The number of rotatable bonds is 8. The van der Waals surface area contributed by atoms with Crippen LogP contribution in [0.5, 0.6) is 5.75 Å². The lowest BCUT2D eigenvalue weighted by Crippen LogP contribution is -2.24. The van der Waals surface area contributed by atoms with Gasteiger partial charge in [0.1, 0.15) is 12.4 Å². The summed E-state index contributed by atoms with van der Waals surface area (Å²) in [5, 5.41) is 17.9. The van der Waals surface area contributed by atoms with E-state index in [1.54, 1.807) is 42.5 Å². The minimum atomic E-state index is -1.00. The van der Waals surface area contributed by atoms with E-state index < -0.39 is 18.0 Å². The van der Waals surface area contributed by atoms with Crippen LogP contribution >= 0.6 is 0 Å². The smallest absolute Gasteiger partial charge is 0.335 e. The van der Waals surface area contributed by atoms with E-state index >= 15 is 0 Å². The van der Waals surface area contributed by atoms with Crippen molar-refractivity contribution in [3.05, 3.63) is 65.2 Å². The summed E-state index contributed by atoms with van der Waals surface area (Å²) in [6.07, 6.45) is -0.609. The average Bonchev–Trinajstić information content (AvgIpc) is 2.58. The fourth-order valence-corrected chi connectivity index (χ4v) is 2.17. The zero-order valence-corrected chi connectivity index (χ0v) is 13.1. The summed E-state index contributed by atoms with van der Waals surface area (Å²) in [6, 6.07) is 13.6. The average molecular weight is 330 g/mol. The molecule has 0 fully saturated rings. The Morgan fingerprint density at radius 1 is 1.04 bits per heavy atom. The first kappa shape index (κ1) is 17.5. The largest absolute Gasteiger partial charge is 0.489 e. The molecule has 1 atom stereocenters. The number of methoxy groups -OCH3 is 1. The van der Waals surface area contributed by atoms with Gasteiger partial charge in [-0.1, -0.05) is 24.3 Å². The molecule has 0 saturated heterocycles. The molecule has 0 heterocycles. The molecule has 0 aliphatic carbocycles. The van der Waals surface area contributed by atoms with E-state index in [9.17, 15) is 9.59 Å². The molecule has 2 aromatic carbocycles. The number of carboxylic acid groups (broad SMARTS) is 2. The van der Waals surface area contributed by atoms with Gasteiger partial charge < -0.3 is 19.7 Å². The number of carbonyl (C=O) groups is 2. The molecule has 0 aliphatic rings. The second-order valence-electron chi connectivity index (χ2n) is 5.20. The molecular weight excluding hydrogens is 312 g/mol. The highest BCUT2D eigenvalue weighted by atomic mass is 16.5. The first-order valence-corrected chi connectivity index (χ1v) is 7.29. The Labute approximate surface area is 139 Å². The van der Waals surface area contributed by atoms with Gasteiger partial charge in [-0.25, -0.2) is 9.59 Å². The van der Waals surface area contributed by atoms with E-state index in [0.717, 1.165) is 11.1 Å². The van der Waals surface area contributed by atoms with Crippen LogP contribution < -0.4 is 4.74 Å². The van der Waals surface area contributed by atoms with Gasteiger partial charge in [0.05, 0.1) is 5.56 Å². The monoisotopic (exact) mass is 330 g/mol. The number of hydrogen-bond donors (Lipinski definition) is 2. The first-order valence-electron chi connectivity index (χ1n) is 7.29. The fraction of sp³-hybridized carbons (Fsp3) is 0.222. The van der Waals surface area contributed by atoms with E-state index in [1.165, 1.54) is 13.2 Å². The van der Waals surface area contributed by atoms with Crippen LogP contribution in [0.4, 0.5) is 0 Å². The molecule has 2 rings (SSSR count). The summed E-state index contributed by atoms with van der Waals surface area (Å²) in [7, 11) is 1.36. The Morgan fingerprint density at radius 3 is 2.33 bits per heavy atom. The summed E-state index contributed by atoms with van der Waals surface area (Å²) in [4.78, 5) is 21.9. The number of hydrogen-bond acceptors (Lipinski definition) is 4. The molecule has 2 N–H and O–H groups in total. The Kier molecular flexibility index (Phi) is 5.92. The van der Waals surface area contributed by atoms with Gasteiger partial charge in [-0.05, 0) is 35.4 Å². The van der Waals surface area contributed by atoms with E-state index in [0.29, 0.717) is 5.75 Å². The molecule has 1 unspecified atom stereocenters.